The number of pyridine rings is 2. The predicted molar refractivity (Wildman–Crippen MR) is 154 cm³/mol. The van der Waals surface area contributed by atoms with Crippen LogP contribution >= 0.6 is 0 Å². The molecule has 0 atom stereocenters. The highest BCUT2D eigenvalue weighted by Gasteiger charge is 2.22. The quantitative estimate of drug-likeness (QED) is 0.272. The lowest BCUT2D eigenvalue weighted by Crippen LogP contribution is -2.39. The second-order valence-corrected chi connectivity index (χ2v) is 11.3. The molecule has 0 saturated carbocycles. The number of quaternary nitrogens is 1. The van der Waals surface area contributed by atoms with Crippen LogP contribution in [0.3, 0.4) is 0 Å². The Morgan fingerprint density at radius 2 is 1.78 bits per heavy atom. The molecule has 1 fully saturated rings. The van der Waals surface area contributed by atoms with E-state index in [0.717, 1.165) is 29.6 Å². The molecule has 2 aromatic carbocycles. The van der Waals surface area contributed by atoms with Crippen molar-refractivity contribution in [2.45, 2.75) is 18.9 Å². The van der Waals surface area contributed by atoms with Crippen molar-refractivity contribution in [3.63, 3.8) is 0 Å². The number of aromatic carboxylic acids is 1. The van der Waals surface area contributed by atoms with Crippen LogP contribution in [0.2, 0.25) is 0 Å². The van der Waals surface area contributed by atoms with Crippen molar-refractivity contribution in [1.82, 2.24) is 9.55 Å². The van der Waals surface area contributed by atoms with Gasteiger partial charge in [0.15, 0.2) is 5.43 Å². The fourth-order valence-corrected chi connectivity index (χ4v) is 4.80. The van der Waals surface area contributed by atoms with E-state index in [9.17, 15) is 19.1 Å². The SMILES string of the molecule is C[N+](C)(C)CCO.Cn1cc(C(=O)[O-])c(=O)c2cc3cc(F)c(N4CCC(Nc5ccc(F)cc5)CC4)cc3nc21. The van der Waals surface area contributed by atoms with E-state index in [0.29, 0.717) is 35.3 Å². The number of aliphatic hydroxyl groups excluding tert-OH is 1. The maximum Gasteiger partial charge on any atom is 0.200 e. The molecular formula is C30H35F2N5O4. The Balaban J connectivity index is 0.000000493. The molecule has 2 N–H and O–H groups in total. The Morgan fingerprint density at radius 1 is 1.12 bits per heavy atom. The highest BCUT2D eigenvalue weighted by Crippen LogP contribution is 2.29. The summed E-state index contributed by atoms with van der Waals surface area (Å²) < 4.78 is 30.5. The van der Waals surface area contributed by atoms with Crippen LogP contribution in [-0.2, 0) is 7.05 Å². The van der Waals surface area contributed by atoms with Gasteiger partial charge in [-0.2, -0.15) is 0 Å². The van der Waals surface area contributed by atoms with Crippen LogP contribution in [0.15, 0.2) is 53.5 Å². The molecule has 2 aromatic heterocycles. The minimum absolute atomic E-state index is 0.0940. The van der Waals surface area contributed by atoms with E-state index in [1.54, 1.807) is 25.2 Å². The maximum absolute atomic E-state index is 15.1. The van der Waals surface area contributed by atoms with E-state index >= 15 is 4.39 Å². The molecule has 1 aliphatic rings. The standard InChI is InChI=1S/C25H22F2N4O3.C5H14NO/c1-30-13-19(25(33)34)23(32)18-10-14-11-20(27)22(12-21(14)29-24(18)30)31-8-6-17(7-9-31)28-16-4-2-15(26)3-5-16;1-6(2,3)4-5-7/h2-5,10-13,17,28H,6-9H2,1H3,(H,33,34);7H,4-5H2,1-3H3/q;+1/p-1. The van der Waals surface area contributed by atoms with Crippen LogP contribution in [0, 0.1) is 11.6 Å². The Kier molecular flexibility index (Phi) is 8.89. The van der Waals surface area contributed by atoms with Gasteiger partial charge in [-0.15, -0.1) is 0 Å². The summed E-state index contributed by atoms with van der Waals surface area (Å²) in [5.41, 5.74) is 0.915. The van der Waals surface area contributed by atoms with Gasteiger partial charge in [0.25, 0.3) is 0 Å². The van der Waals surface area contributed by atoms with Crippen LogP contribution < -0.4 is 20.8 Å². The highest BCUT2D eigenvalue weighted by atomic mass is 19.1. The summed E-state index contributed by atoms with van der Waals surface area (Å²) in [7, 11) is 7.75. The van der Waals surface area contributed by atoms with E-state index in [4.69, 9.17) is 5.11 Å². The first-order valence-electron chi connectivity index (χ1n) is 13.4. The number of hydrogen-bond donors (Lipinski definition) is 2. The van der Waals surface area contributed by atoms with Crippen molar-refractivity contribution in [3.8, 4) is 0 Å². The second kappa shape index (κ2) is 12.2. The molecule has 41 heavy (non-hydrogen) atoms. The smallest absolute Gasteiger partial charge is 0.200 e. The minimum Gasteiger partial charge on any atom is -0.545 e. The Bertz CT molecular complexity index is 1610. The number of likely N-dealkylation sites (N-methyl/N-ethyl adjacent to an activating group) is 1. The first-order valence-corrected chi connectivity index (χ1v) is 13.4. The van der Waals surface area contributed by atoms with Gasteiger partial charge >= 0.3 is 0 Å². The van der Waals surface area contributed by atoms with Crippen molar-refractivity contribution >= 4 is 39.3 Å². The number of halogens is 2. The number of carboxylic acids is 1. The van der Waals surface area contributed by atoms with Crippen molar-refractivity contribution in [2.75, 3.05) is 57.6 Å². The highest BCUT2D eigenvalue weighted by molar-refractivity contribution is 5.96. The number of rotatable bonds is 6. The molecule has 0 bridgehead atoms. The summed E-state index contributed by atoms with van der Waals surface area (Å²) in [5, 5.41) is 23.5. The lowest BCUT2D eigenvalue weighted by Gasteiger charge is -2.34. The third-order valence-corrected chi connectivity index (χ3v) is 7.05. The molecule has 1 saturated heterocycles. The molecule has 0 aliphatic carbocycles. The number of piperidine rings is 1. The fourth-order valence-electron chi connectivity index (χ4n) is 4.80. The Morgan fingerprint density at radius 3 is 2.34 bits per heavy atom. The van der Waals surface area contributed by atoms with Gasteiger partial charge in [0.2, 0.25) is 0 Å². The fraction of sp³-hybridized carbons (Fsp3) is 0.367. The van der Waals surface area contributed by atoms with Gasteiger partial charge in [-0.25, -0.2) is 13.8 Å². The van der Waals surface area contributed by atoms with Crippen LogP contribution in [-0.4, -0.2) is 78.5 Å². The van der Waals surface area contributed by atoms with Crippen molar-refractivity contribution < 1.29 is 28.3 Å². The second-order valence-electron chi connectivity index (χ2n) is 11.3. The summed E-state index contributed by atoms with van der Waals surface area (Å²) >= 11 is 0. The number of benzene rings is 2. The van der Waals surface area contributed by atoms with Crippen LogP contribution in [0.25, 0.3) is 21.9 Å². The third-order valence-electron chi connectivity index (χ3n) is 7.05. The molecule has 218 valence electrons. The molecular weight excluding hydrogens is 532 g/mol. The van der Waals surface area contributed by atoms with Crippen LogP contribution in [0.5, 0.6) is 0 Å². The summed E-state index contributed by atoms with van der Waals surface area (Å²) in [6.07, 6.45) is 2.74. The summed E-state index contributed by atoms with van der Waals surface area (Å²) in [4.78, 5) is 30.3. The summed E-state index contributed by atoms with van der Waals surface area (Å²) in [6, 6.07) is 10.9. The largest absolute Gasteiger partial charge is 0.545 e. The molecule has 0 unspecified atom stereocenters. The van der Waals surface area contributed by atoms with E-state index < -0.39 is 22.8 Å². The van der Waals surface area contributed by atoms with Crippen LogP contribution in [0.4, 0.5) is 20.2 Å². The van der Waals surface area contributed by atoms with Crippen LogP contribution in [0.1, 0.15) is 23.2 Å². The van der Waals surface area contributed by atoms with Gasteiger partial charge in [-0.3, -0.25) is 4.79 Å². The molecule has 0 spiro atoms. The number of anilines is 2. The molecule has 3 heterocycles. The molecule has 0 radical (unpaired) electrons. The number of aliphatic hydroxyl groups is 1. The first-order chi connectivity index (χ1) is 19.4. The molecule has 1 aliphatic heterocycles. The number of fused-ring (bicyclic) bond motifs is 2. The topological polar surface area (TPSA) is 111 Å². The molecule has 0 amide bonds. The van der Waals surface area contributed by atoms with E-state index in [1.165, 1.54) is 35.0 Å². The number of carboxylic acid groups (broad SMARTS) is 1. The number of carbonyl (C=O) groups is 1. The monoisotopic (exact) mass is 567 g/mol. The van der Waals surface area contributed by atoms with E-state index in [1.807, 2.05) is 4.90 Å². The van der Waals surface area contributed by atoms with Gasteiger partial charge in [0.05, 0.1) is 55.9 Å². The van der Waals surface area contributed by atoms with E-state index in [2.05, 4.69) is 31.4 Å². The first kappa shape index (κ1) is 29.9. The van der Waals surface area contributed by atoms with Gasteiger partial charge in [0, 0.05) is 43.4 Å². The lowest BCUT2D eigenvalue weighted by molar-refractivity contribution is -0.870. The number of nitrogens with one attached hydrogen (secondary N) is 1. The zero-order valence-corrected chi connectivity index (χ0v) is 23.7. The normalized spacial score (nSPS) is 14.2. The van der Waals surface area contributed by atoms with Crippen molar-refractivity contribution in [2.24, 2.45) is 7.05 Å². The average Bonchev–Trinajstić information content (AvgIpc) is 2.91. The zero-order chi connectivity index (χ0) is 29.9. The molecule has 9 nitrogen and oxygen atoms in total. The van der Waals surface area contributed by atoms with E-state index in [-0.39, 0.29) is 23.9 Å². The van der Waals surface area contributed by atoms with Gasteiger partial charge in [-0.05, 0) is 55.3 Å². The Hall–Kier alpha value is -4.09. The zero-order valence-electron chi connectivity index (χ0n) is 23.7. The third kappa shape index (κ3) is 7.17. The number of nitrogens with zero attached hydrogens (tertiary/aromatic N) is 4. The minimum atomic E-state index is -1.57. The van der Waals surface area contributed by atoms with Gasteiger partial charge < -0.3 is 34.3 Å². The average molecular weight is 568 g/mol. The lowest BCUT2D eigenvalue weighted by atomic mass is 10.0. The van der Waals surface area contributed by atoms with Crippen molar-refractivity contribution in [1.29, 1.82) is 0 Å². The summed E-state index contributed by atoms with van der Waals surface area (Å²) in [5.74, 6) is -2.29. The molecule has 5 rings (SSSR count). The number of hydrogen-bond acceptors (Lipinski definition) is 7. The Labute approximate surface area is 236 Å². The van der Waals surface area contributed by atoms with Crippen molar-refractivity contribution in [3.05, 3.63) is 76.1 Å². The number of aryl methyl sites for hydroxylation is 1. The molecule has 11 heteroatoms. The molecule has 4 aromatic rings. The maximum atomic E-state index is 15.1. The summed E-state index contributed by atoms with van der Waals surface area (Å²) in [6.45, 7) is 2.37. The van der Waals surface area contributed by atoms with Gasteiger partial charge in [0.1, 0.15) is 23.8 Å². The number of carbonyl (C=O) groups excluding carboxylic acids is 1. The van der Waals surface area contributed by atoms with Gasteiger partial charge in [-0.1, -0.05) is 0 Å². The predicted octanol–water partition coefficient (Wildman–Crippen LogP) is 2.49. The number of aromatic nitrogens is 2.